The summed E-state index contributed by atoms with van der Waals surface area (Å²) in [6, 6.07) is 12.4. The van der Waals surface area contributed by atoms with Crippen LogP contribution in [0.3, 0.4) is 0 Å². The number of ether oxygens (including phenoxy) is 1. The van der Waals surface area contributed by atoms with E-state index in [1.807, 2.05) is 12.1 Å². The SMILES string of the molecule is COC(=O)c1cc2c(s1)C=CC(c1ccccc1)C2. The van der Waals surface area contributed by atoms with Crippen LogP contribution in [0, 0.1) is 0 Å². The van der Waals surface area contributed by atoms with Crippen LogP contribution in [0.4, 0.5) is 0 Å². The summed E-state index contributed by atoms with van der Waals surface area (Å²) in [5.74, 6) is 0.151. The first-order chi connectivity index (χ1) is 9.28. The van der Waals surface area contributed by atoms with Crippen LogP contribution >= 0.6 is 11.3 Å². The van der Waals surface area contributed by atoms with Gasteiger partial charge in [0, 0.05) is 10.8 Å². The number of rotatable bonds is 2. The smallest absolute Gasteiger partial charge is 0.348 e. The molecule has 0 spiro atoms. The normalized spacial score (nSPS) is 17.0. The number of carbonyl (C=O) groups excluding carboxylic acids is 1. The van der Waals surface area contributed by atoms with Crippen molar-refractivity contribution in [3.8, 4) is 0 Å². The summed E-state index contributed by atoms with van der Waals surface area (Å²) in [4.78, 5) is 13.4. The van der Waals surface area contributed by atoms with Gasteiger partial charge in [0.05, 0.1) is 7.11 Å². The Morgan fingerprint density at radius 1 is 1.32 bits per heavy atom. The van der Waals surface area contributed by atoms with Crippen molar-refractivity contribution in [3.05, 3.63) is 63.4 Å². The monoisotopic (exact) mass is 270 g/mol. The first-order valence-electron chi connectivity index (χ1n) is 6.22. The number of fused-ring (bicyclic) bond motifs is 1. The molecule has 0 N–H and O–H groups in total. The Kier molecular flexibility index (Phi) is 3.22. The van der Waals surface area contributed by atoms with Gasteiger partial charge in [0.2, 0.25) is 0 Å². The molecule has 1 aromatic carbocycles. The van der Waals surface area contributed by atoms with Crippen molar-refractivity contribution >= 4 is 23.4 Å². The third-order valence-electron chi connectivity index (χ3n) is 3.38. The number of hydrogen-bond acceptors (Lipinski definition) is 3. The van der Waals surface area contributed by atoms with Gasteiger partial charge in [0.25, 0.3) is 0 Å². The van der Waals surface area contributed by atoms with Crippen molar-refractivity contribution in [1.82, 2.24) is 0 Å². The van der Waals surface area contributed by atoms with Crippen LogP contribution < -0.4 is 0 Å². The Labute approximate surface area is 116 Å². The Morgan fingerprint density at radius 2 is 2.11 bits per heavy atom. The van der Waals surface area contributed by atoms with Gasteiger partial charge in [-0.1, -0.05) is 36.4 Å². The van der Waals surface area contributed by atoms with Gasteiger partial charge >= 0.3 is 5.97 Å². The molecule has 1 heterocycles. The lowest BCUT2D eigenvalue weighted by atomic mass is 9.88. The Bertz CT molecular complexity index is 625. The van der Waals surface area contributed by atoms with Gasteiger partial charge in [-0.05, 0) is 29.7 Å². The largest absolute Gasteiger partial charge is 0.465 e. The predicted octanol–water partition coefficient (Wildman–Crippen LogP) is 3.89. The van der Waals surface area contributed by atoms with E-state index in [9.17, 15) is 4.79 Å². The van der Waals surface area contributed by atoms with Gasteiger partial charge in [-0.3, -0.25) is 0 Å². The first kappa shape index (κ1) is 12.2. The lowest BCUT2D eigenvalue weighted by Gasteiger charge is -2.16. The number of allylic oxidation sites excluding steroid dienone is 1. The van der Waals surface area contributed by atoms with E-state index in [-0.39, 0.29) is 5.97 Å². The number of carbonyl (C=O) groups is 1. The summed E-state index contributed by atoms with van der Waals surface area (Å²) in [6.07, 6.45) is 5.28. The van der Waals surface area contributed by atoms with Crippen LogP contribution in [0.15, 0.2) is 42.5 Å². The predicted molar refractivity (Wildman–Crippen MR) is 77.6 cm³/mol. The van der Waals surface area contributed by atoms with E-state index in [0.29, 0.717) is 10.8 Å². The van der Waals surface area contributed by atoms with E-state index < -0.39 is 0 Å². The summed E-state index contributed by atoms with van der Waals surface area (Å²) < 4.78 is 4.77. The van der Waals surface area contributed by atoms with Gasteiger partial charge in [-0.15, -0.1) is 11.3 Å². The highest BCUT2D eigenvalue weighted by Crippen LogP contribution is 2.34. The van der Waals surface area contributed by atoms with Crippen LogP contribution in [0.1, 0.15) is 31.6 Å². The maximum Gasteiger partial charge on any atom is 0.348 e. The lowest BCUT2D eigenvalue weighted by Crippen LogP contribution is -2.03. The summed E-state index contributed by atoms with van der Waals surface area (Å²) >= 11 is 1.50. The van der Waals surface area contributed by atoms with Crippen LogP contribution in [-0.2, 0) is 11.2 Å². The molecule has 0 bridgehead atoms. The van der Waals surface area contributed by atoms with Crippen molar-refractivity contribution < 1.29 is 9.53 Å². The van der Waals surface area contributed by atoms with Crippen LogP contribution in [-0.4, -0.2) is 13.1 Å². The second-order valence-corrected chi connectivity index (χ2v) is 5.66. The maximum atomic E-state index is 11.5. The summed E-state index contributed by atoms with van der Waals surface area (Å²) in [5, 5.41) is 0. The van der Waals surface area contributed by atoms with Gasteiger partial charge in [0.15, 0.2) is 0 Å². The molecule has 3 heteroatoms. The Hall–Kier alpha value is -1.87. The van der Waals surface area contributed by atoms with Gasteiger partial charge in [-0.2, -0.15) is 0 Å². The van der Waals surface area contributed by atoms with E-state index >= 15 is 0 Å². The van der Waals surface area contributed by atoms with E-state index in [1.165, 1.54) is 34.5 Å². The standard InChI is InChI=1S/C16H14O2S/c1-18-16(17)15-10-13-9-12(7-8-14(13)19-15)11-5-3-2-4-6-11/h2-8,10,12H,9H2,1H3. The molecule has 19 heavy (non-hydrogen) atoms. The molecule has 0 saturated heterocycles. The fourth-order valence-electron chi connectivity index (χ4n) is 2.38. The Balaban J connectivity index is 1.88. The molecule has 0 radical (unpaired) electrons. The van der Waals surface area contributed by atoms with Gasteiger partial charge in [-0.25, -0.2) is 4.79 Å². The molecule has 1 aromatic heterocycles. The second kappa shape index (κ2) is 5.02. The van der Waals surface area contributed by atoms with Crippen LogP contribution in [0.2, 0.25) is 0 Å². The molecule has 2 nitrogen and oxygen atoms in total. The highest BCUT2D eigenvalue weighted by Gasteiger charge is 2.20. The fraction of sp³-hybridized carbons (Fsp3) is 0.188. The average Bonchev–Trinajstić information content (AvgIpc) is 2.90. The molecule has 0 saturated carbocycles. The quantitative estimate of drug-likeness (QED) is 0.774. The number of thiophene rings is 1. The molecule has 96 valence electrons. The number of benzene rings is 1. The minimum atomic E-state index is -0.246. The maximum absolute atomic E-state index is 11.5. The number of esters is 1. The lowest BCUT2D eigenvalue weighted by molar-refractivity contribution is 0.0606. The summed E-state index contributed by atoms with van der Waals surface area (Å²) in [6.45, 7) is 0. The number of hydrogen-bond donors (Lipinski definition) is 0. The molecule has 1 unspecified atom stereocenters. The van der Waals surface area contributed by atoms with Crippen molar-refractivity contribution in [2.75, 3.05) is 7.11 Å². The minimum absolute atomic E-state index is 0.246. The van der Waals surface area contributed by atoms with Gasteiger partial charge < -0.3 is 4.74 Å². The average molecular weight is 270 g/mol. The Morgan fingerprint density at radius 3 is 2.84 bits per heavy atom. The van der Waals surface area contributed by atoms with Crippen molar-refractivity contribution in [1.29, 1.82) is 0 Å². The molecule has 0 amide bonds. The summed E-state index contributed by atoms with van der Waals surface area (Å²) in [5.41, 5.74) is 2.55. The highest BCUT2D eigenvalue weighted by molar-refractivity contribution is 7.15. The molecular weight excluding hydrogens is 256 g/mol. The van der Waals surface area contributed by atoms with Crippen molar-refractivity contribution in [2.24, 2.45) is 0 Å². The molecular formula is C16H14O2S. The minimum Gasteiger partial charge on any atom is -0.465 e. The molecule has 1 atom stereocenters. The molecule has 1 aliphatic carbocycles. The topological polar surface area (TPSA) is 26.3 Å². The molecule has 0 aliphatic heterocycles. The number of methoxy groups -OCH3 is 1. The second-order valence-electron chi connectivity index (χ2n) is 4.57. The molecule has 0 fully saturated rings. The third kappa shape index (κ3) is 2.34. The zero-order valence-electron chi connectivity index (χ0n) is 10.6. The highest BCUT2D eigenvalue weighted by atomic mass is 32.1. The zero-order chi connectivity index (χ0) is 13.2. The van der Waals surface area contributed by atoms with E-state index in [1.54, 1.807) is 0 Å². The molecule has 1 aliphatic rings. The van der Waals surface area contributed by atoms with Crippen LogP contribution in [0.5, 0.6) is 0 Å². The van der Waals surface area contributed by atoms with E-state index in [0.717, 1.165) is 6.42 Å². The fourth-order valence-corrected chi connectivity index (χ4v) is 3.41. The molecule has 2 aromatic rings. The van der Waals surface area contributed by atoms with Gasteiger partial charge in [0.1, 0.15) is 4.88 Å². The zero-order valence-corrected chi connectivity index (χ0v) is 11.4. The third-order valence-corrected chi connectivity index (χ3v) is 4.50. The molecule has 3 rings (SSSR count). The van der Waals surface area contributed by atoms with Crippen molar-refractivity contribution in [3.63, 3.8) is 0 Å². The van der Waals surface area contributed by atoms with E-state index in [4.69, 9.17) is 4.74 Å². The van der Waals surface area contributed by atoms with E-state index in [2.05, 4.69) is 36.4 Å². The summed E-state index contributed by atoms with van der Waals surface area (Å²) in [7, 11) is 1.42. The van der Waals surface area contributed by atoms with Crippen LogP contribution in [0.25, 0.3) is 6.08 Å². The van der Waals surface area contributed by atoms with Crippen molar-refractivity contribution in [2.45, 2.75) is 12.3 Å². The first-order valence-corrected chi connectivity index (χ1v) is 7.04.